The summed E-state index contributed by atoms with van der Waals surface area (Å²) in [5.41, 5.74) is 27.8. The molecular formula is C79H63N. The smallest absolute Gasteiger partial charge is 0.0726 e. The van der Waals surface area contributed by atoms with Crippen molar-refractivity contribution < 1.29 is 0 Å². The molecule has 0 bridgehead atoms. The van der Waals surface area contributed by atoms with E-state index in [1.54, 1.807) is 0 Å². The van der Waals surface area contributed by atoms with Gasteiger partial charge >= 0.3 is 0 Å². The van der Waals surface area contributed by atoms with E-state index in [-0.39, 0.29) is 10.8 Å². The van der Waals surface area contributed by atoms with Crippen molar-refractivity contribution in [1.29, 1.82) is 0 Å². The second-order valence-electron chi connectivity index (χ2n) is 24.0. The van der Waals surface area contributed by atoms with Crippen LogP contribution in [0.25, 0.3) is 88.7 Å². The Kier molecular flexibility index (Phi) is 11.6. The Balaban J connectivity index is 0.997. The standard InChI is InChI=1S/C79H63N/c1-77(2,3)57-44-48-66-67-49-45-58(78(4,5)6)51-73(67)79(72(66)50-57)70-34-18-16-32-69(70)76-71(79)35-21-37-75(76)80(59-46-42-53(43-47-59)52-38-40-56(41-39-52)61-33-20-25-55-24-10-11-26-60(55)61)74-36-19-17-31-68(74)65-30-15-14-29-64(65)63-28-13-12-27-62(63)54-22-8-7-9-23-54/h7-51H,1-6H3. The number of fused-ring (bicyclic) bond motifs is 11. The minimum absolute atomic E-state index is 0.0479. The molecule has 0 unspecified atom stereocenters. The van der Waals surface area contributed by atoms with Gasteiger partial charge in [-0.2, -0.15) is 0 Å². The van der Waals surface area contributed by atoms with Crippen molar-refractivity contribution in [2.75, 3.05) is 4.90 Å². The van der Waals surface area contributed by atoms with Gasteiger partial charge in [0.05, 0.1) is 16.8 Å². The van der Waals surface area contributed by atoms with Crippen molar-refractivity contribution in [3.63, 3.8) is 0 Å². The van der Waals surface area contributed by atoms with Gasteiger partial charge in [-0.05, 0) is 146 Å². The number of para-hydroxylation sites is 1. The lowest BCUT2D eigenvalue weighted by molar-refractivity contribution is 0.586. The van der Waals surface area contributed by atoms with Gasteiger partial charge < -0.3 is 4.90 Å². The zero-order valence-electron chi connectivity index (χ0n) is 46.4. The third kappa shape index (κ3) is 7.90. The molecule has 2 aliphatic rings. The maximum atomic E-state index is 2.56. The Hall–Kier alpha value is -9.30. The van der Waals surface area contributed by atoms with E-state index < -0.39 is 5.41 Å². The lowest BCUT2D eigenvalue weighted by atomic mass is 9.69. The van der Waals surface area contributed by atoms with Gasteiger partial charge in [0.1, 0.15) is 0 Å². The summed E-state index contributed by atoms with van der Waals surface area (Å²) >= 11 is 0. The molecule has 2 aliphatic carbocycles. The summed E-state index contributed by atoms with van der Waals surface area (Å²) in [6, 6.07) is 102. The van der Waals surface area contributed by atoms with Crippen molar-refractivity contribution in [2.24, 2.45) is 0 Å². The van der Waals surface area contributed by atoms with Crippen LogP contribution in [-0.2, 0) is 16.2 Å². The van der Waals surface area contributed by atoms with Crippen molar-refractivity contribution in [1.82, 2.24) is 0 Å². The van der Waals surface area contributed by atoms with Gasteiger partial charge in [-0.25, -0.2) is 0 Å². The number of anilines is 3. The Bertz CT molecular complexity index is 4280. The molecule has 12 aromatic rings. The number of hydrogen-bond acceptors (Lipinski definition) is 1. The molecule has 0 amide bonds. The summed E-state index contributed by atoms with van der Waals surface area (Å²) in [7, 11) is 0. The van der Waals surface area contributed by atoms with Crippen molar-refractivity contribution in [3.05, 3.63) is 306 Å². The molecular weight excluding hydrogens is 963 g/mol. The summed E-state index contributed by atoms with van der Waals surface area (Å²) in [5.74, 6) is 0. The first kappa shape index (κ1) is 49.0. The van der Waals surface area contributed by atoms with Gasteiger partial charge in [0.15, 0.2) is 0 Å². The molecule has 0 saturated heterocycles. The minimum Gasteiger partial charge on any atom is -0.309 e. The van der Waals surface area contributed by atoms with E-state index in [1.165, 1.54) is 116 Å². The maximum absolute atomic E-state index is 2.56. The molecule has 12 aromatic carbocycles. The summed E-state index contributed by atoms with van der Waals surface area (Å²) < 4.78 is 0. The lowest BCUT2D eigenvalue weighted by Crippen LogP contribution is -2.27. The number of hydrogen-bond donors (Lipinski definition) is 0. The quantitative estimate of drug-likeness (QED) is 0.147. The van der Waals surface area contributed by atoms with Crippen LogP contribution < -0.4 is 4.90 Å². The SMILES string of the molecule is CC(C)(C)c1ccc2c(c1)C1(c3cc(C(C)(C)C)ccc3-2)c2ccccc2-c2c(N(c3ccc(-c4ccc(-c5cccc6ccccc56)cc4)cc3)c3ccccc3-c3ccccc3-c3ccccc3-c3ccccc3)cccc21. The van der Waals surface area contributed by atoms with Crippen LogP contribution in [0.5, 0.6) is 0 Å². The second-order valence-corrected chi connectivity index (χ2v) is 24.0. The van der Waals surface area contributed by atoms with E-state index >= 15 is 0 Å². The summed E-state index contributed by atoms with van der Waals surface area (Å²) in [4.78, 5) is 2.56. The molecule has 0 aliphatic heterocycles. The average molecular weight is 1030 g/mol. The zero-order chi connectivity index (χ0) is 54.3. The molecule has 0 atom stereocenters. The fourth-order valence-corrected chi connectivity index (χ4v) is 13.3. The largest absolute Gasteiger partial charge is 0.309 e. The Morgan fingerprint density at radius 1 is 0.275 bits per heavy atom. The molecule has 0 heterocycles. The minimum atomic E-state index is -0.559. The highest BCUT2D eigenvalue weighted by molar-refractivity contribution is 6.04. The Morgan fingerprint density at radius 2 is 0.713 bits per heavy atom. The van der Waals surface area contributed by atoms with Gasteiger partial charge in [0.2, 0.25) is 0 Å². The molecule has 384 valence electrons. The van der Waals surface area contributed by atoms with Crippen LogP contribution >= 0.6 is 0 Å². The van der Waals surface area contributed by atoms with Gasteiger partial charge in [-0.15, -0.1) is 0 Å². The van der Waals surface area contributed by atoms with E-state index in [4.69, 9.17) is 0 Å². The normalized spacial score (nSPS) is 13.0. The predicted octanol–water partition coefficient (Wildman–Crippen LogP) is 21.6. The third-order valence-electron chi connectivity index (χ3n) is 17.3. The fourth-order valence-electron chi connectivity index (χ4n) is 13.3. The average Bonchev–Trinajstić information content (AvgIpc) is 2.35. The first-order chi connectivity index (χ1) is 39.0. The molecule has 1 spiro atoms. The van der Waals surface area contributed by atoms with Crippen LogP contribution in [0.15, 0.2) is 273 Å². The van der Waals surface area contributed by atoms with Crippen LogP contribution in [0, 0.1) is 0 Å². The van der Waals surface area contributed by atoms with E-state index in [1.807, 2.05) is 0 Å². The number of rotatable bonds is 8. The van der Waals surface area contributed by atoms with Gasteiger partial charge in [-0.1, -0.05) is 290 Å². The maximum Gasteiger partial charge on any atom is 0.0726 e. The van der Waals surface area contributed by atoms with Crippen LogP contribution in [0.4, 0.5) is 17.1 Å². The van der Waals surface area contributed by atoms with Crippen LogP contribution in [0.3, 0.4) is 0 Å². The van der Waals surface area contributed by atoms with Gasteiger partial charge in [0, 0.05) is 16.8 Å². The van der Waals surface area contributed by atoms with E-state index in [0.717, 1.165) is 22.6 Å². The van der Waals surface area contributed by atoms with Gasteiger partial charge in [0.25, 0.3) is 0 Å². The van der Waals surface area contributed by atoms with E-state index in [2.05, 4.69) is 319 Å². The predicted molar refractivity (Wildman–Crippen MR) is 340 cm³/mol. The van der Waals surface area contributed by atoms with Crippen LogP contribution in [-0.4, -0.2) is 0 Å². The first-order valence-corrected chi connectivity index (χ1v) is 28.3. The number of nitrogens with zero attached hydrogens (tertiary/aromatic N) is 1. The Labute approximate surface area is 472 Å². The third-order valence-corrected chi connectivity index (χ3v) is 17.3. The van der Waals surface area contributed by atoms with Gasteiger partial charge in [-0.3, -0.25) is 0 Å². The van der Waals surface area contributed by atoms with E-state index in [9.17, 15) is 0 Å². The molecule has 1 heteroatoms. The molecule has 0 saturated carbocycles. The molecule has 80 heavy (non-hydrogen) atoms. The van der Waals surface area contributed by atoms with Crippen molar-refractivity contribution in [2.45, 2.75) is 57.8 Å². The molecule has 0 N–H and O–H groups in total. The topological polar surface area (TPSA) is 3.24 Å². The summed E-state index contributed by atoms with van der Waals surface area (Å²) in [5, 5.41) is 2.52. The Morgan fingerprint density at radius 3 is 1.36 bits per heavy atom. The molecule has 1 nitrogen and oxygen atoms in total. The highest BCUT2D eigenvalue weighted by Crippen LogP contribution is 2.65. The van der Waals surface area contributed by atoms with Crippen LogP contribution in [0.2, 0.25) is 0 Å². The second kappa shape index (κ2) is 19.0. The monoisotopic (exact) mass is 1030 g/mol. The molecule has 0 radical (unpaired) electrons. The highest BCUT2D eigenvalue weighted by atomic mass is 15.1. The number of benzene rings is 12. The zero-order valence-corrected chi connectivity index (χ0v) is 46.4. The lowest BCUT2D eigenvalue weighted by Gasteiger charge is -2.34. The summed E-state index contributed by atoms with van der Waals surface area (Å²) in [6.07, 6.45) is 0. The van der Waals surface area contributed by atoms with E-state index in [0.29, 0.717) is 0 Å². The molecule has 0 aromatic heterocycles. The first-order valence-electron chi connectivity index (χ1n) is 28.3. The van der Waals surface area contributed by atoms with Crippen molar-refractivity contribution >= 4 is 27.8 Å². The van der Waals surface area contributed by atoms with Crippen molar-refractivity contribution in [3.8, 4) is 77.9 Å². The molecule has 0 fully saturated rings. The molecule has 14 rings (SSSR count). The van der Waals surface area contributed by atoms with Crippen LogP contribution in [0.1, 0.15) is 74.9 Å². The highest BCUT2D eigenvalue weighted by Gasteiger charge is 2.53. The summed E-state index contributed by atoms with van der Waals surface area (Å²) in [6.45, 7) is 14.1. The fraction of sp³-hybridized carbons (Fsp3) is 0.114.